The van der Waals surface area contributed by atoms with Crippen molar-refractivity contribution < 1.29 is 5.11 Å². The molecule has 2 aromatic rings. The average molecular weight is 260 g/mol. The molecule has 18 heavy (non-hydrogen) atoms. The Balaban J connectivity index is 1.99. The Morgan fingerprint density at radius 1 is 1.33 bits per heavy atom. The second-order valence-electron chi connectivity index (χ2n) is 4.70. The summed E-state index contributed by atoms with van der Waals surface area (Å²) in [5.41, 5.74) is 8.10. The van der Waals surface area contributed by atoms with E-state index >= 15 is 0 Å². The van der Waals surface area contributed by atoms with Crippen molar-refractivity contribution in [2.45, 2.75) is 25.2 Å². The molecule has 1 atom stereocenters. The molecule has 3 N–H and O–H groups in total. The molecule has 1 unspecified atom stereocenters. The maximum absolute atomic E-state index is 9.31. The molecular weight excluding hydrogens is 244 g/mol. The number of aromatic nitrogens is 1. The maximum atomic E-state index is 9.31. The van der Waals surface area contributed by atoms with Crippen LogP contribution >= 0.6 is 11.3 Å². The highest BCUT2D eigenvalue weighted by atomic mass is 32.1. The molecule has 1 heterocycles. The first-order valence-electron chi connectivity index (χ1n) is 6.27. The summed E-state index contributed by atoms with van der Waals surface area (Å²) in [6, 6.07) is 7.24. The van der Waals surface area contributed by atoms with Gasteiger partial charge >= 0.3 is 0 Å². The van der Waals surface area contributed by atoms with Crippen LogP contribution in [0, 0.1) is 0 Å². The highest BCUT2D eigenvalue weighted by Gasteiger charge is 2.23. The van der Waals surface area contributed by atoms with Gasteiger partial charge in [-0.15, -0.1) is 11.3 Å². The van der Waals surface area contributed by atoms with Crippen LogP contribution in [0.3, 0.4) is 0 Å². The van der Waals surface area contributed by atoms with Gasteiger partial charge in [0, 0.05) is 22.9 Å². The number of aromatic hydroxyl groups is 1. The molecule has 0 radical (unpaired) electrons. The largest absolute Gasteiger partial charge is 0.508 e. The van der Waals surface area contributed by atoms with Gasteiger partial charge in [0.2, 0.25) is 0 Å². The minimum absolute atomic E-state index is 0.292. The molecule has 0 spiro atoms. The van der Waals surface area contributed by atoms with E-state index in [1.165, 1.54) is 17.0 Å². The number of hydrogen-bond donors (Lipinski definition) is 2. The number of hydrogen-bond acceptors (Lipinski definition) is 4. The molecule has 4 heteroatoms. The van der Waals surface area contributed by atoms with Crippen LogP contribution in [0.15, 0.2) is 24.3 Å². The van der Waals surface area contributed by atoms with Crippen LogP contribution in [0.2, 0.25) is 0 Å². The minimum atomic E-state index is 0.292. The zero-order valence-electron chi connectivity index (χ0n) is 10.1. The fourth-order valence-electron chi connectivity index (χ4n) is 2.46. The summed E-state index contributed by atoms with van der Waals surface area (Å²) in [6.45, 7) is 0.686. The molecule has 1 aliphatic rings. The molecule has 0 saturated carbocycles. The Kier molecular flexibility index (Phi) is 3.06. The highest BCUT2D eigenvalue weighted by molar-refractivity contribution is 7.15. The van der Waals surface area contributed by atoms with E-state index in [0.29, 0.717) is 18.2 Å². The Bertz CT molecular complexity index is 547. The third-order valence-corrected chi connectivity index (χ3v) is 4.65. The van der Waals surface area contributed by atoms with Gasteiger partial charge < -0.3 is 10.8 Å². The molecule has 3 nitrogen and oxygen atoms in total. The first kappa shape index (κ1) is 11.7. The van der Waals surface area contributed by atoms with Crippen LogP contribution in [0.4, 0.5) is 0 Å². The van der Waals surface area contributed by atoms with Crippen molar-refractivity contribution in [1.82, 2.24) is 4.98 Å². The summed E-state index contributed by atoms with van der Waals surface area (Å²) < 4.78 is 0. The quantitative estimate of drug-likeness (QED) is 0.873. The van der Waals surface area contributed by atoms with Gasteiger partial charge in [-0.2, -0.15) is 0 Å². The zero-order chi connectivity index (χ0) is 12.5. The third kappa shape index (κ3) is 2.02. The van der Waals surface area contributed by atoms with Crippen molar-refractivity contribution in [3.05, 3.63) is 34.8 Å². The molecule has 3 rings (SSSR count). The summed E-state index contributed by atoms with van der Waals surface area (Å²) in [4.78, 5) is 6.15. The molecule has 0 aliphatic heterocycles. The van der Waals surface area contributed by atoms with Gasteiger partial charge in [0.05, 0.1) is 5.69 Å². The van der Waals surface area contributed by atoms with Gasteiger partial charge in [0.25, 0.3) is 0 Å². The monoisotopic (exact) mass is 260 g/mol. The van der Waals surface area contributed by atoms with Crippen LogP contribution < -0.4 is 5.73 Å². The Morgan fingerprint density at radius 2 is 2.11 bits per heavy atom. The van der Waals surface area contributed by atoms with E-state index in [1.807, 2.05) is 12.1 Å². The van der Waals surface area contributed by atoms with Crippen molar-refractivity contribution in [2.75, 3.05) is 6.54 Å². The van der Waals surface area contributed by atoms with E-state index < -0.39 is 0 Å². The number of phenols is 1. The predicted molar refractivity (Wildman–Crippen MR) is 73.9 cm³/mol. The van der Waals surface area contributed by atoms with E-state index in [0.717, 1.165) is 23.4 Å². The second-order valence-corrected chi connectivity index (χ2v) is 5.78. The van der Waals surface area contributed by atoms with E-state index in [2.05, 4.69) is 0 Å². The molecule has 0 saturated heterocycles. The van der Waals surface area contributed by atoms with Crippen LogP contribution in [0.5, 0.6) is 5.75 Å². The molecule has 1 aromatic heterocycles. The summed E-state index contributed by atoms with van der Waals surface area (Å²) in [7, 11) is 0. The van der Waals surface area contributed by atoms with Crippen molar-refractivity contribution in [3.63, 3.8) is 0 Å². The number of thiazole rings is 1. The number of phenolic OH excluding ortho intramolecular Hbond substituents is 1. The maximum Gasteiger partial charge on any atom is 0.123 e. The van der Waals surface area contributed by atoms with Crippen molar-refractivity contribution in [3.8, 4) is 16.3 Å². The number of nitrogens with zero attached hydrogens (tertiary/aromatic N) is 1. The SMILES string of the molecule is NCC1CCCc2sc(-c3ccc(O)cc3)nc21. The Hall–Kier alpha value is -1.39. The van der Waals surface area contributed by atoms with Gasteiger partial charge in [-0.1, -0.05) is 0 Å². The number of fused-ring (bicyclic) bond motifs is 1. The normalized spacial score (nSPS) is 18.6. The second kappa shape index (κ2) is 4.71. The van der Waals surface area contributed by atoms with E-state index in [9.17, 15) is 5.11 Å². The number of nitrogens with two attached hydrogens (primary N) is 1. The lowest BCUT2D eigenvalue weighted by Crippen LogP contribution is -2.17. The number of benzene rings is 1. The zero-order valence-corrected chi connectivity index (χ0v) is 10.9. The van der Waals surface area contributed by atoms with Gasteiger partial charge in [-0.05, 0) is 43.5 Å². The van der Waals surface area contributed by atoms with Crippen LogP contribution in [-0.2, 0) is 6.42 Å². The van der Waals surface area contributed by atoms with Gasteiger partial charge in [0.15, 0.2) is 0 Å². The lowest BCUT2D eigenvalue weighted by Gasteiger charge is -2.18. The fourth-order valence-corrected chi connectivity index (χ4v) is 3.66. The van der Waals surface area contributed by atoms with Crippen LogP contribution in [0.25, 0.3) is 10.6 Å². The standard InChI is InChI=1S/C14H16N2OS/c15-8-10-2-1-3-12-13(10)16-14(18-12)9-4-6-11(17)7-5-9/h4-7,10,17H,1-3,8,15H2. The summed E-state index contributed by atoms with van der Waals surface area (Å²) in [5.74, 6) is 0.718. The number of aryl methyl sites for hydroxylation is 1. The summed E-state index contributed by atoms with van der Waals surface area (Å²) >= 11 is 1.77. The van der Waals surface area contributed by atoms with Crippen LogP contribution in [-0.4, -0.2) is 16.6 Å². The molecule has 94 valence electrons. The Labute approximate surface area is 110 Å². The molecule has 0 bridgehead atoms. The Morgan fingerprint density at radius 3 is 2.83 bits per heavy atom. The topological polar surface area (TPSA) is 59.1 Å². The fraction of sp³-hybridized carbons (Fsp3) is 0.357. The first-order valence-corrected chi connectivity index (χ1v) is 7.08. The first-order chi connectivity index (χ1) is 8.78. The highest BCUT2D eigenvalue weighted by Crippen LogP contribution is 2.37. The van der Waals surface area contributed by atoms with Crippen molar-refractivity contribution in [2.24, 2.45) is 5.73 Å². The number of rotatable bonds is 2. The third-order valence-electron chi connectivity index (χ3n) is 3.47. The van der Waals surface area contributed by atoms with Crippen molar-refractivity contribution in [1.29, 1.82) is 0 Å². The van der Waals surface area contributed by atoms with E-state index in [1.54, 1.807) is 23.5 Å². The van der Waals surface area contributed by atoms with E-state index in [-0.39, 0.29) is 0 Å². The summed E-state index contributed by atoms with van der Waals surface area (Å²) in [5, 5.41) is 10.4. The lowest BCUT2D eigenvalue weighted by molar-refractivity contribution is 0.475. The van der Waals surface area contributed by atoms with Crippen LogP contribution in [0.1, 0.15) is 29.3 Å². The van der Waals surface area contributed by atoms with Gasteiger partial charge in [0.1, 0.15) is 10.8 Å². The molecule has 1 aliphatic carbocycles. The van der Waals surface area contributed by atoms with E-state index in [4.69, 9.17) is 10.7 Å². The smallest absolute Gasteiger partial charge is 0.123 e. The molecule has 1 aromatic carbocycles. The molecule has 0 fully saturated rings. The lowest BCUT2D eigenvalue weighted by atomic mass is 9.91. The average Bonchev–Trinajstić information content (AvgIpc) is 2.83. The minimum Gasteiger partial charge on any atom is -0.508 e. The van der Waals surface area contributed by atoms with Gasteiger partial charge in [-0.3, -0.25) is 0 Å². The molecule has 0 amide bonds. The van der Waals surface area contributed by atoms with Gasteiger partial charge in [-0.25, -0.2) is 4.98 Å². The predicted octanol–water partition coefficient (Wildman–Crippen LogP) is 2.89. The van der Waals surface area contributed by atoms with Crippen molar-refractivity contribution >= 4 is 11.3 Å². The summed E-state index contributed by atoms with van der Waals surface area (Å²) in [6.07, 6.45) is 3.50. The molecular formula is C14H16N2OS.